The number of nitrogens with zero attached hydrogens (tertiary/aromatic N) is 1. The summed E-state index contributed by atoms with van der Waals surface area (Å²) in [5, 5.41) is 9.36. The van der Waals surface area contributed by atoms with Gasteiger partial charge in [0.15, 0.2) is 0 Å². The fourth-order valence-corrected chi connectivity index (χ4v) is 1.58. The number of hydrogen-bond acceptors (Lipinski definition) is 3. The van der Waals surface area contributed by atoms with E-state index in [2.05, 4.69) is 4.90 Å². The second-order valence-electron chi connectivity index (χ2n) is 2.99. The van der Waals surface area contributed by atoms with E-state index in [1.165, 1.54) is 6.42 Å². The number of likely N-dealkylation sites (N-methyl/N-ethyl adjacent to an activating group) is 1. The van der Waals surface area contributed by atoms with Crippen LogP contribution in [0.5, 0.6) is 0 Å². The number of hydrogen-bond donors (Lipinski definition) is 2. The van der Waals surface area contributed by atoms with Crippen LogP contribution in [0.4, 0.5) is 0 Å². The highest BCUT2D eigenvalue weighted by atomic mass is 16.3. The quantitative estimate of drug-likeness (QED) is 0.544. The van der Waals surface area contributed by atoms with Crippen molar-refractivity contribution in [3.05, 3.63) is 0 Å². The molecule has 1 aliphatic heterocycles. The standard InChI is InChI=1S/C7H16N2O/c1-9-4-2-3-6(9)7(10)5-8/h6-7,10H,2-5,8H2,1H3/t6-,7+/m0/s1. The molecule has 0 radical (unpaired) electrons. The van der Waals surface area contributed by atoms with E-state index in [-0.39, 0.29) is 6.10 Å². The predicted octanol–water partition coefficient (Wildman–Crippen LogP) is -0.600. The molecule has 0 unspecified atom stereocenters. The number of likely N-dealkylation sites (tertiary alicyclic amines) is 1. The van der Waals surface area contributed by atoms with Crippen LogP contribution in [0.3, 0.4) is 0 Å². The lowest BCUT2D eigenvalue weighted by molar-refractivity contribution is 0.0924. The summed E-state index contributed by atoms with van der Waals surface area (Å²) < 4.78 is 0. The first kappa shape index (κ1) is 7.98. The molecule has 1 saturated heterocycles. The Morgan fingerprint density at radius 3 is 2.90 bits per heavy atom. The van der Waals surface area contributed by atoms with Gasteiger partial charge in [0.25, 0.3) is 0 Å². The van der Waals surface area contributed by atoms with Gasteiger partial charge in [0.05, 0.1) is 6.10 Å². The van der Waals surface area contributed by atoms with Crippen molar-refractivity contribution in [2.45, 2.75) is 25.0 Å². The Bertz CT molecular complexity index is 108. The maximum Gasteiger partial charge on any atom is 0.0817 e. The van der Waals surface area contributed by atoms with Crippen molar-refractivity contribution < 1.29 is 5.11 Å². The molecule has 0 aromatic rings. The van der Waals surface area contributed by atoms with Crippen molar-refractivity contribution in [3.8, 4) is 0 Å². The van der Waals surface area contributed by atoms with Crippen LogP contribution in [0, 0.1) is 0 Å². The molecule has 2 atom stereocenters. The molecule has 3 nitrogen and oxygen atoms in total. The van der Waals surface area contributed by atoms with E-state index in [1.807, 2.05) is 7.05 Å². The zero-order valence-corrected chi connectivity index (χ0v) is 6.45. The summed E-state index contributed by atoms with van der Waals surface area (Å²) in [5.41, 5.74) is 5.34. The third kappa shape index (κ3) is 1.48. The van der Waals surface area contributed by atoms with Crippen molar-refractivity contribution in [2.75, 3.05) is 20.1 Å². The molecule has 1 fully saturated rings. The van der Waals surface area contributed by atoms with Crippen LogP contribution < -0.4 is 5.73 Å². The fourth-order valence-electron chi connectivity index (χ4n) is 1.58. The minimum absolute atomic E-state index is 0.310. The summed E-state index contributed by atoms with van der Waals surface area (Å²) in [6.07, 6.45) is 1.96. The highest BCUT2D eigenvalue weighted by molar-refractivity contribution is 4.82. The summed E-state index contributed by atoms with van der Waals surface area (Å²) in [7, 11) is 2.04. The first-order valence-electron chi connectivity index (χ1n) is 3.84. The summed E-state index contributed by atoms with van der Waals surface area (Å²) >= 11 is 0. The number of nitrogens with two attached hydrogens (primary N) is 1. The Hall–Kier alpha value is -0.120. The lowest BCUT2D eigenvalue weighted by Gasteiger charge is -2.23. The third-order valence-corrected chi connectivity index (χ3v) is 2.26. The van der Waals surface area contributed by atoms with Crippen molar-refractivity contribution in [3.63, 3.8) is 0 Å². The Morgan fingerprint density at radius 2 is 2.50 bits per heavy atom. The lowest BCUT2D eigenvalue weighted by atomic mass is 10.1. The minimum atomic E-state index is -0.326. The molecule has 0 saturated carbocycles. The molecule has 1 aliphatic rings. The highest BCUT2D eigenvalue weighted by Gasteiger charge is 2.26. The van der Waals surface area contributed by atoms with Crippen LogP contribution in [0.15, 0.2) is 0 Å². The Morgan fingerprint density at radius 1 is 1.80 bits per heavy atom. The molecular formula is C7H16N2O. The molecule has 1 rings (SSSR count). The SMILES string of the molecule is CN1CCC[C@H]1[C@H](O)CN. The fraction of sp³-hybridized carbons (Fsp3) is 1.00. The monoisotopic (exact) mass is 144 g/mol. The van der Waals surface area contributed by atoms with E-state index in [4.69, 9.17) is 5.73 Å². The van der Waals surface area contributed by atoms with Gasteiger partial charge in [-0.25, -0.2) is 0 Å². The molecule has 3 N–H and O–H groups in total. The van der Waals surface area contributed by atoms with Crippen molar-refractivity contribution in [1.82, 2.24) is 4.90 Å². The first-order valence-corrected chi connectivity index (χ1v) is 3.84. The van der Waals surface area contributed by atoms with E-state index in [1.54, 1.807) is 0 Å². The lowest BCUT2D eigenvalue weighted by Crippen LogP contribution is -2.40. The average molecular weight is 144 g/mol. The Balaban J connectivity index is 2.38. The molecular weight excluding hydrogens is 128 g/mol. The van der Waals surface area contributed by atoms with Crippen molar-refractivity contribution >= 4 is 0 Å². The minimum Gasteiger partial charge on any atom is -0.390 e. The van der Waals surface area contributed by atoms with Crippen molar-refractivity contribution in [1.29, 1.82) is 0 Å². The van der Waals surface area contributed by atoms with Gasteiger partial charge in [-0.2, -0.15) is 0 Å². The Labute approximate surface area is 61.8 Å². The average Bonchev–Trinajstić information content (AvgIpc) is 2.34. The second kappa shape index (κ2) is 3.32. The molecule has 1 heterocycles. The van der Waals surface area contributed by atoms with Crippen LogP contribution in [0.2, 0.25) is 0 Å². The molecule has 0 aliphatic carbocycles. The molecule has 60 valence electrons. The largest absolute Gasteiger partial charge is 0.390 e. The normalized spacial score (nSPS) is 30.9. The van der Waals surface area contributed by atoms with E-state index in [9.17, 15) is 5.11 Å². The van der Waals surface area contributed by atoms with Gasteiger partial charge in [-0.3, -0.25) is 0 Å². The van der Waals surface area contributed by atoms with Crippen LogP contribution in [-0.2, 0) is 0 Å². The molecule has 0 aromatic carbocycles. The van der Waals surface area contributed by atoms with Gasteiger partial charge in [-0.1, -0.05) is 0 Å². The Kier molecular flexibility index (Phi) is 2.65. The van der Waals surface area contributed by atoms with Gasteiger partial charge in [0.1, 0.15) is 0 Å². The maximum absolute atomic E-state index is 9.36. The van der Waals surface area contributed by atoms with Crippen LogP contribution >= 0.6 is 0 Å². The summed E-state index contributed by atoms with van der Waals surface area (Å²) in [6, 6.07) is 0.310. The molecule has 0 amide bonds. The molecule has 0 aromatic heterocycles. The summed E-state index contributed by atoms with van der Waals surface area (Å²) in [4.78, 5) is 2.18. The van der Waals surface area contributed by atoms with Gasteiger partial charge in [-0.15, -0.1) is 0 Å². The van der Waals surface area contributed by atoms with E-state index < -0.39 is 0 Å². The first-order chi connectivity index (χ1) is 4.75. The van der Waals surface area contributed by atoms with E-state index in [0.717, 1.165) is 13.0 Å². The smallest absolute Gasteiger partial charge is 0.0817 e. The van der Waals surface area contributed by atoms with Gasteiger partial charge >= 0.3 is 0 Å². The van der Waals surface area contributed by atoms with E-state index >= 15 is 0 Å². The molecule has 3 heteroatoms. The molecule has 10 heavy (non-hydrogen) atoms. The topological polar surface area (TPSA) is 49.5 Å². The van der Waals surface area contributed by atoms with Crippen LogP contribution in [-0.4, -0.2) is 42.3 Å². The third-order valence-electron chi connectivity index (χ3n) is 2.26. The second-order valence-corrected chi connectivity index (χ2v) is 2.99. The summed E-state index contributed by atoms with van der Waals surface area (Å²) in [6.45, 7) is 1.48. The van der Waals surface area contributed by atoms with Gasteiger partial charge in [0, 0.05) is 12.6 Å². The zero-order chi connectivity index (χ0) is 7.56. The predicted molar refractivity (Wildman–Crippen MR) is 40.7 cm³/mol. The summed E-state index contributed by atoms with van der Waals surface area (Å²) in [5.74, 6) is 0. The number of rotatable bonds is 2. The number of aliphatic hydroxyl groups excluding tert-OH is 1. The van der Waals surface area contributed by atoms with Crippen LogP contribution in [0.1, 0.15) is 12.8 Å². The van der Waals surface area contributed by atoms with Gasteiger partial charge in [-0.05, 0) is 26.4 Å². The zero-order valence-electron chi connectivity index (χ0n) is 6.45. The highest BCUT2D eigenvalue weighted by Crippen LogP contribution is 2.17. The molecule has 0 spiro atoms. The van der Waals surface area contributed by atoms with E-state index in [0.29, 0.717) is 12.6 Å². The van der Waals surface area contributed by atoms with Gasteiger partial charge in [0.2, 0.25) is 0 Å². The molecule has 0 bridgehead atoms. The van der Waals surface area contributed by atoms with Gasteiger partial charge < -0.3 is 15.7 Å². The number of aliphatic hydroxyl groups is 1. The van der Waals surface area contributed by atoms with Crippen molar-refractivity contribution in [2.24, 2.45) is 5.73 Å². The van der Waals surface area contributed by atoms with Crippen LogP contribution in [0.25, 0.3) is 0 Å². The maximum atomic E-state index is 9.36.